The molecule has 0 amide bonds. The molecule has 15 heavy (non-hydrogen) atoms. The van der Waals surface area contributed by atoms with Gasteiger partial charge >= 0.3 is 5.97 Å². The summed E-state index contributed by atoms with van der Waals surface area (Å²) in [7, 11) is 1.96. The van der Waals surface area contributed by atoms with E-state index < -0.39 is 5.97 Å². The van der Waals surface area contributed by atoms with Gasteiger partial charge in [0.1, 0.15) is 0 Å². The Balaban J connectivity index is 2.81. The molecule has 0 saturated heterocycles. The second kappa shape index (κ2) is 5.11. The molecular formula is C10H16N2O2S. The minimum atomic E-state index is -0.963. The molecule has 0 atom stereocenters. The van der Waals surface area contributed by atoms with Crippen LogP contribution < -0.4 is 4.90 Å². The van der Waals surface area contributed by atoms with Crippen molar-refractivity contribution in [3.8, 4) is 0 Å². The second-order valence-corrected chi connectivity index (χ2v) is 4.24. The van der Waals surface area contributed by atoms with Crippen molar-refractivity contribution >= 4 is 22.4 Å². The molecule has 0 bridgehead atoms. The maximum absolute atomic E-state index is 10.7. The zero-order chi connectivity index (χ0) is 11.4. The Hall–Kier alpha value is -1.10. The van der Waals surface area contributed by atoms with E-state index in [4.69, 9.17) is 5.11 Å². The van der Waals surface area contributed by atoms with Gasteiger partial charge in [0, 0.05) is 18.5 Å². The topological polar surface area (TPSA) is 53.4 Å². The molecule has 1 heterocycles. The van der Waals surface area contributed by atoms with Gasteiger partial charge in [0.25, 0.3) is 0 Å². The first kappa shape index (κ1) is 12.0. The smallest absolute Gasteiger partial charge is 0.355 e. The lowest BCUT2D eigenvalue weighted by Crippen LogP contribution is -2.30. The lowest BCUT2D eigenvalue weighted by Gasteiger charge is -2.25. The van der Waals surface area contributed by atoms with Crippen molar-refractivity contribution < 1.29 is 9.90 Å². The predicted octanol–water partition coefficient (Wildman–Crippen LogP) is 2.47. The largest absolute Gasteiger partial charge is 0.476 e. The van der Waals surface area contributed by atoms with E-state index in [1.807, 2.05) is 7.05 Å². The summed E-state index contributed by atoms with van der Waals surface area (Å²) < 4.78 is 0. The summed E-state index contributed by atoms with van der Waals surface area (Å²) >= 11 is 1.38. The van der Waals surface area contributed by atoms with Gasteiger partial charge < -0.3 is 10.0 Å². The Kier molecular flexibility index (Phi) is 4.08. The predicted molar refractivity (Wildman–Crippen MR) is 61.8 cm³/mol. The number of carboxylic acids is 1. The number of hydrogen-bond acceptors (Lipinski definition) is 4. The van der Waals surface area contributed by atoms with E-state index in [1.165, 1.54) is 11.3 Å². The van der Waals surface area contributed by atoms with E-state index in [1.54, 1.807) is 5.38 Å². The van der Waals surface area contributed by atoms with Gasteiger partial charge in [-0.15, -0.1) is 11.3 Å². The molecule has 0 aliphatic carbocycles. The van der Waals surface area contributed by atoms with E-state index in [0.717, 1.165) is 18.0 Å². The van der Waals surface area contributed by atoms with Gasteiger partial charge in [0.15, 0.2) is 10.8 Å². The molecule has 5 heteroatoms. The highest BCUT2D eigenvalue weighted by molar-refractivity contribution is 7.13. The monoisotopic (exact) mass is 228 g/mol. The van der Waals surface area contributed by atoms with Crippen LogP contribution in [0.3, 0.4) is 0 Å². The molecule has 0 aromatic carbocycles. The van der Waals surface area contributed by atoms with Crippen LogP contribution in [0.2, 0.25) is 0 Å². The van der Waals surface area contributed by atoms with Crippen LogP contribution >= 0.6 is 11.3 Å². The standard InChI is InChI=1S/C10H16N2O2S/c1-4-7(5-2)12(3)10-11-8(6-15-10)9(13)14/h6-7H,4-5H2,1-3H3,(H,13,14). The van der Waals surface area contributed by atoms with Crippen LogP contribution in [0, 0.1) is 0 Å². The minimum absolute atomic E-state index is 0.132. The van der Waals surface area contributed by atoms with E-state index in [9.17, 15) is 4.79 Å². The Morgan fingerprint density at radius 3 is 2.60 bits per heavy atom. The van der Waals surface area contributed by atoms with Crippen LogP contribution in [0.25, 0.3) is 0 Å². The molecule has 0 saturated carbocycles. The SMILES string of the molecule is CCC(CC)N(C)c1nc(C(=O)O)cs1. The lowest BCUT2D eigenvalue weighted by atomic mass is 10.1. The van der Waals surface area contributed by atoms with Gasteiger partial charge in [0.2, 0.25) is 0 Å². The lowest BCUT2D eigenvalue weighted by molar-refractivity contribution is 0.0691. The second-order valence-electron chi connectivity index (χ2n) is 3.40. The van der Waals surface area contributed by atoms with Crippen molar-refractivity contribution in [3.63, 3.8) is 0 Å². The van der Waals surface area contributed by atoms with Crippen LogP contribution in [-0.2, 0) is 0 Å². The van der Waals surface area contributed by atoms with Gasteiger partial charge in [-0.25, -0.2) is 9.78 Å². The molecule has 0 aliphatic rings. The molecule has 0 unspecified atom stereocenters. The number of aromatic carboxylic acids is 1. The van der Waals surface area contributed by atoms with Gasteiger partial charge in [0.05, 0.1) is 0 Å². The van der Waals surface area contributed by atoms with Crippen LogP contribution in [0.15, 0.2) is 5.38 Å². The van der Waals surface area contributed by atoms with Crippen molar-refractivity contribution in [2.24, 2.45) is 0 Å². The third-order valence-electron chi connectivity index (χ3n) is 2.50. The molecule has 0 spiro atoms. The molecule has 0 aliphatic heterocycles. The highest BCUT2D eigenvalue weighted by atomic mass is 32.1. The van der Waals surface area contributed by atoms with Gasteiger partial charge in [-0.05, 0) is 12.8 Å². The quantitative estimate of drug-likeness (QED) is 0.841. The molecule has 1 N–H and O–H groups in total. The summed E-state index contributed by atoms with van der Waals surface area (Å²) in [5, 5.41) is 11.1. The Bertz CT molecular complexity index is 334. The third kappa shape index (κ3) is 2.68. The fourth-order valence-electron chi connectivity index (χ4n) is 1.52. The summed E-state index contributed by atoms with van der Waals surface area (Å²) in [5.74, 6) is -0.963. The number of nitrogens with zero attached hydrogens (tertiary/aromatic N) is 2. The maximum atomic E-state index is 10.7. The zero-order valence-electron chi connectivity index (χ0n) is 9.23. The summed E-state index contributed by atoms with van der Waals surface area (Å²) in [4.78, 5) is 16.8. The number of anilines is 1. The van der Waals surface area contributed by atoms with Crippen LogP contribution in [0.1, 0.15) is 37.2 Å². The van der Waals surface area contributed by atoms with Crippen molar-refractivity contribution in [2.45, 2.75) is 32.7 Å². The first-order chi connectivity index (χ1) is 7.10. The number of carbonyl (C=O) groups is 1. The van der Waals surface area contributed by atoms with Crippen LogP contribution in [0.4, 0.5) is 5.13 Å². The molecular weight excluding hydrogens is 212 g/mol. The fraction of sp³-hybridized carbons (Fsp3) is 0.600. The average Bonchev–Trinajstić information content (AvgIpc) is 2.68. The molecule has 84 valence electrons. The van der Waals surface area contributed by atoms with E-state index >= 15 is 0 Å². The molecule has 0 fully saturated rings. The maximum Gasteiger partial charge on any atom is 0.355 e. The molecule has 0 radical (unpaired) electrons. The van der Waals surface area contributed by atoms with Gasteiger partial charge in [-0.2, -0.15) is 0 Å². The molecule has 1 aromatic rings. The molecule has 1 rings (SSSR count). The van der Waals surface area contributed by atoms with Crippen LogP contribution in [-0.4, -0.2) is 29.1 Å². The summed E-state index contributed by atoms with van der Waals surface area (Å²) in [5.41, 5.74) is 0.132. The first-order valence-electron chi connectivity index (χ1n) is 5.01. The summed E-state index contributed by atoms with van der Waals surface area (Å²) in [6.45, 7) is 4.24. The van der Waals surface area contributed by atoms with Crippen molar-refractivity contribution in [1.29, 1.82) is 0 Å². The zero-order valence-corrected chi connectivity index (χ0v) is 10.0. The van der Waals surface area contributed by atoms with E-state index in [0.29, 0.717) is 6.04 Å². The Morgan fingerprint density at radius 2 is 2.20 bits per heavy atom. The fourth-order valence-corrected chi connectivity index (χ4v) is 2.35. The van der Waals surface area contributed by atoms with Gasteiger partial charge in [-0.3, -0.25) is 0 Å². The molecule has 4 nitrogen and oxygen atoms in total. The minimum Gasteiger partial charge on any atom is -0.476 e. The molecule has 1 aromatic heterocycles. The average molecular weight is 228 g/mol. The van der Waals surface area contributed by atoms with Crippen molar-refractivity contribution in [1.82, 2.24) is 4.98 Å². The van der Waals surface area contributed by atoms with Gasteiger partial charge in [-0.1, -0.05) is 13.8 Å². The Labute approximate surface area is 93.6 Å². The number of carboxylic acid groups (broad SMARTS) is 1. The number of thiazole rings is 1. The highest BCUT2D eigenvalue weighted by Gasteiger charge is 2.16. The van der Waals surface area contributed by atoms with E-state index in [2.05, 4.69) is 23.7 Å². The number of aromatic nitrogens is 1. The number of hydrogen-bond donors (Lipinski definition) is 1. The Morgan fingerprint density at radius 1 is 1.60 bits per heavy atom. The van der Waals surface area contributed by atoms with Crippen molar-refractivity contribution in [3.05, 3.63) is 11.1 Å². The van der Waals surface area contributed by atoms with Crippen molar-refractivity contribution in [2.75, 3.05) is 11.9 Å². The first-order valence-corrected chi connectivity index (χ1v) is 5.89. The highest BCUT2D eigenvalue weighted by Crippen LogP contribution is 2.23. The summed E-state index contributed by atoms with van der Waals surface area (Å²) in [6.07, 6.45) is 2.07. The number of rotatable bonds is 5. The summed E-state index contributed by atoms with van der Waals surface area (Å²) in [6, 6.07) is 0.429. The normalized spacial score (nSPS) is 10.7. The van der Waals surface area contributed by atoms with Crippen LogP contribution in [0.5, 0.6) is 0 Å². The third-order valence-corrected chi connectivity index (χ3v) is 3.43. The van der Waals surface area contributed by atoms with E-state index in [-0.39, 0.29) is 5.69 Å².